The quantitative estimate of drug-likeness (QED) is 0.463. The summed E-state index contributed by atoms with van der Waals surface area (Å²) in [6.45, 7) is 3.78. The van der Waals surface area contributed by atoms with E-state index >= 15 is 0 Å². The average Bonchev–Trinajstić information content (AvgIpc) is 2.54. The second-order valence-corrected chi connectivity index (χ2v) is 6.30. The number of hydrogen-bond donors (Lipinski definition) is 1. The van der Waals surface area contributed by atoms with Gasteiger partial charge >= 0.3 is 29.6 Å². The molecule has 0 bridgehead atoms. The molecule has 0 fully saturated rings. The molecule has 0 heterocycles. The largest absolute Gasteiger partial charge is 1.00 e. The molecule has 1 N–H and O–H groups in total. The van der Waals surface area contributed by atoms with Crippen LogP contribution in [0.1, 0.15) is 64.4 Å². The Labute approximate surface area is 168 Å². The van der Waals surface area contributed by atoms with Crippen molar-refractivity contribution in [1.29, 1.82) is 0 Å². The van der Waals surface area contributed by atoms with Gasteiger partial charge in [-0.25, -0.2) is 0 Å². The first-order valence-corrected chi connectivity index (χ1v) is 8.73. The number of aliphatic carboxylic acids is 1. The van der Waals surface area contributed by atoms with E-state index in [9.17, 15) is 15.0 Å². The molecule has 0 saturated heterocycles. The van der Waals surface area contributed by atoms with Gasteiger partial charge in [0.2, 0.25) is 0 Å². The number of phenols is 1. The summed E-state index contributed by atoms with van der Waals surface area (Å²) >= 11 is 0. The smallest absolute Gasteiger partial charge is 0.548 e. The summed E-state index contributed by atoms with van der Waals surface area (Å²) in [5.41, 5.74) is 1.67. The van der Waals surface area contributed by atoms with Gasteiger partial charge in [-0.1, -0.05) is 51.5 Å². The molecule has 1 atom stereocenters. The summed E-state index contributed by atoms with van der Waals surface area (Å²) in [5, 5.41) is 21.0. The fourth-order valence-corrected chi connectivity index (χ4v) is 2.66. The second-order valence-electron chi connectivity index (χ2n) is 6.30. The van der Waals surface area contributed by atoms with Gasteiger partial charge in [-0.15, -0.1) is 0 Å². The molecule has 0 aliphatic heterocycles. The van der Waals surface area contributed by atoms with Crippen LogP contribution in [-0.2, 0) is 11.2 Å². The predicted octanol–water partition coefficient (Wildman–Crippen LogP) is 0.264. The van der Waals surface area contributed by atoms with Gasteiger partial charge < -0.3 is 19.9 Å². The number of carboxylic acids is 1. The number of likely N-dealkylation sites (N-methyl/N-ethyl adjacent to an activating group) is 1. The van der Waals surface area contributed by atoms with E-state index in [1.807, 2.05) is 12.1 Å². The van der Waals surface area contributed by atoms with Crippen molar-refractivity contribution in [3.8, 4) is 5.75 Å². The summed E-state index contributed by atoms with van der Waals surface area (Å²) < 4.78 is 0. The van der Waals surface area contributed by atoms with Crippen LogP contribution in [0.15, 0.2) is 18.2 Å². The number of carbonyl (C=O) groups excluding carboxylic acids is 1. The number of carboxylic acid groups (broad SMARTS) is 1. The molecule has 0 aliphatic carbocycles. The molecule has 0 radical (unpaired) electrons. The van der Waals surface area contributed by atoms with Gasteiger partial charge in [0.05, 0.1) is 17.7 Å². The van der Waals surface area contributed by atoms with Crippen LogP contribution in [-0.4, -0.2) is 24.2 Å². The standard InChI is InChI=1S/C19H31NO3.Na/c1-4-5-6-7-8-9-10-11-16-12-13-18(21)17(14-16)20(3)15(2)19(22)23;/h12-15,21H,4-11H2,1-3H3,(H,22,23);/q;+1/p-1. The summed E-state index contributed by atoms with van der Waals surface area (Å²) in [4.78, 5) is 12.5. The summed E-state index contributed by atoms with van der Waals surface area (Å²) in [5.74, 6) is -1.05. The van der Waals surface area contributed by atoms with E-state index in [0.29, 0.717) is 5.69 Å². The Morgan fingerprint density at radius 1 is 1.17 bits per heavy atom. The fraction of sp³-hybridized carbons (Fsp3) is 0.632. The number of anilines is 1. The van der Waals surface area contributed by atoms with Crippen LogP contribution in [0.4, 0.5) is 5.69 Å². The van der Waals surface area contributed by atoms with Crippen LogP contribution in [0.2, 0.25) is 0 Å². The number of benzene rings is 1. The number of hydrogen-bond acceptors (Lipinski definition) is 4. The zero-order valence-electron chi connectivity index (χ0n) is 15.7. The van der Waals surface area contributed by atoms with E-state index in [2.05, 4.69) is 6.92 Å². The summed E-state index contributed by atoms with van der Waals surface area (Å²) in [6, 6.07) is 4.65. The Hall–Kier alpha value is -0.710. The van der Waals surface area contributed by atoms with Gasteiger partial charge in [0.25, 0.3) is 0 Å². The molecular weight excluding hydrogens is 313 g/mol. The van der Waals surface area contributed by atoms with Crippen molar-refractivity contribution in [2.24, 2.45) is 0 Å². The zero-order chi connectivity index (χ0) is 17.2. The number of rotatable bonds is 11. The van der Waals surface area contributed by atoms with Crippen molar-refractivity contribution in [2.75, 3.05) is 11.9 Å². The van der Waals surface area contributed by atoms with Crippen molar-refractivity contribution in [1.82, 2.24) is 0 Å². The number of aryl methyl sites for hydroxylation is 1. The third kappa shape index (κ3) is 7.91. The molecule has 0 saturated carbocycles. The van der Waals surface area contributed by atoms with Crippen LogP contribution < -0.4 is 39.6 Å². The third-order valence-electron chi connectivity index (χ3n) is 4.41. The molecule has 130 valence electrons. The number of aromatic hydroxyl groups is 1. The molecule has 0 aliphatic rings. The Morgan fingerprint density at radius 2 is 1.75 bits per heavy atom. The van der Waals surface area contributed by atoms with Gasteiger partial charge in [0.1, 0.15) is 5.75 Å². The van der Waals surface area contributed by atoms with Gasteiger partial charge in [0, 0.05) is 7.05 Å². The van der Waals surface area contributed by atoms with Crippen molar-refractivity contribution in [2.45, 2.75) is 71.3 Å². The van der Waals surface area contributed by atoms with Gasteiger partial charge in [-0.2, -0.15) is 0 Å². The molecule has 5 heteroatoms. The molecule has 1 aromatic rings. The first-order valence-electron chi connectivity index (χ1n) is 8.73. The Balaban J connectivity index is 0.00000529. The van der Waals surface area contributed by atoms with Crippen molar-refractivity contribution >= 4 is 11.7 Å². The first kappa shape index (κ1) is 23.3. The van der Waals surface area contributed by atoms with Crippen molar-refractivity contribution in [3.63, 3.8) is 0 Å². The van der Waals surface area contributed by atoms with Crippen LogP contribution in [0.5, 0.6) is 5.75 Å². The van der Waals surface area contributed by atoms with Crippen molar-refractivity contribution in [3.05, 3.63) is 23.8 Å². The third-order valence-corrected chi connectivity index (χ3v) is 4.41. The van der Waals surface area contributed by atoms with E-state index in [1.165, 1.54) is 38.5 Å². The molecule has 4 nitrogen and oxygen atoms in total. The Morgan fingerprint density at radius 3 is 2.33 bits per heavy atom. The fourth-order valence-electron chi connectivity index (χ4n) is 2.66. The van der Waals surface area contributed by atoms with E-state index in [4.69, 9.17) is 0 Å². The molecule has 1 aromatic carbocycles. The van der Waals surface area contributed by atoms with Crippen molar-refractivity contribution < 1.29 is 44.6 Å². The van der Waals surface area contributed by atoms with E-state index in [0.717, 1.165) is 18.4 Å². The molecule has 0 spiro atoms. The monoisotopic (exact) mass is 343 g/mol. The van der Waals surface area contributed by atoms with Crippen LogP contribution in [0, 0.1) is 0 Å². The molecule has 0 aromatic heterocycles. The number of carbonyl (C=O) groups is 1. The first-order chi connectivity index (χ1) is 11.0. The molecule has 1 unspecified atom stereocenters. The minimum Gasteiger partial charge on any atom is -0.548 e. The van der Waals surface area contributed by atoms with E-state index in [1.54, 1.807) is 24.9 Å². The Bertz CT molecular complexity index is 494. The van der Waals surface area contributed by atoms with Gasteiger partial charge in [-0.3, -0.25) is 0 Å². The van der Waals surface area contributed by atoms with Gasteiger partial charge in [0.15, 0.2) is 0 Å². The number of unbranched alkanes of at least 4 members (excludes halogenated alkanes) is 6. The topological polar surface area (TPSA) is 63.6 Å². The minimum atomic E-state index is -1.15. The van der Waals surface area contributed by atoms with Crippen LogP contribution in [0.3, 0.4) is 0 Å². The maximum Gasteiger partial charge on any atom is 1.00 e. The number of phenolic OH excluding ortho intramolecular Hbond substituents is 1. The van der Waals surface area contributed by atoms with E-state index < -0.39 is 12.0 Å². The zero-order valence-corrected chi connectivity index (χ0v) is 17.7. The predicted molar refractivity (Wildman–Crippen MR) is 92.7 cm³/mol. The normalized spacial score (nSPS) is 11.6. The second kappa shape index (κ2) is 12.6. The molecule has 1 rings (SSSR count). The summed E-state index contributed by atoms with van der Waals surface area (Å²) in [7, 11) is 1.66. The number of nitrogens with zero attached hydrogens (tertiary/aromatic N) is 1. The maximum atomic E-state index is 11.0. The van der Waals surface area contributed by atoms with E-state index in [-0.39, 0.29) is 35.3 Å². The average molecular weight is 343 g/mol. The summed E-state index contributed by atoms with van der Waals surface area (Å²) in [6.07, 6.45) is 9.78. The van der Waals surface area contributed by atoms with Crippen LogP contribution >= 0.6 is 0 Å². The molecule has 24 heavy (non-hydrogen) atoms. The minimum absolute atomic E-state index is 0. The molecular formula is C19H30NNaO3. The molecule has 0 amide bonds. The SMILES string of the molecule is CCCCCCCCCc1ccc(O)c(N(C)C(C)C(=O)[O-])c1.[Na+]. The van der Waals surface area contributed by atoms with Gasteiger partial charge in [-0.05, 0) is 37.5 Å². The Kier molecular flexibility index (Phi) is 12.3. The van der Waals surface area contributed by atoms with Crippen LogP contribution in [0.25, 0.3) is 0 Å². The maximum absolute atomic E-state index is 11.0.